The van der Waals surface area contributed by atoms with Gasteiger partial charge in [0.2, 0.25) is 0 Å². The largest absolute Gasteiger partial charge is 0.544 e. The number of rotatable bonds is 7. The standard InChI is InChI=1S/C6H15NO3.C5H2Cl2O2S/c8-4-1-7(2-5-9)3-6-10;6-2-1-3(5(8)9)10-4(2)7/h8-10H,1-6H2;1H,(H,8,9). The van der Waals surface area contributed by atoms with Crippen molar-refractivity contribution in [3.63, 3.8) is 0 Å². The van der Waals surface area contributed by atoms with Crippen molar-refractivity contribution in [2.45, 2.75) is 0 Å². The zero-order valence-corrected chi connectivity index (χ0v) is 13.0. The summed E-state index contributed by atoms with van der Waals surface area (Å²) >= 11 is 11.8. The molecule has 0 radical (unpaired) electrons. The molecule has 0 saturated heterocycles. The summed E-state index contributed by atoms with van der Waals surface area (Å²) in [5, 5.41) is 35.9. The van der Waals surface area contributed by atoms with Crippen LogP contribution in [0.15, 0.2) is 6.07 Å². The second-order valence-corrected chi connectivity index (χ2v) is 5.75. The molecule has 4 N–H and O–H groups in total. The number of thiophene rings is 1. The molecule has 0 aliphatic rings. The molecule has 0 fully saturated rings. The minimum Gasteiger partial charge on any atom is -0.544 e. The van der Waals surface area contributed by atoms with Crippen molar-refractivity contribution < 1.29 is 30.1 Å². The highest BCUT2D eigenvalue weighted by molar-refractivity contribution is 7.18. The van der Waals surface area contributed by atoms with E-state index in [1.54, 1.807) is 0 Å². The molecule has 1 heterocycles. The minimum atomic E-state index is -1.25. The number of carbonyl (C=O) groups is 1. The third-order valence-corrected chi connectivity index (χ3v) is 4.09. The van der Waals surface area contributed by atoms with Gasteiger partial charge < -0.3 is 30.1 Å². The van der Waals surface area contributed by atoms with Crippen molar-refractivity contribution in [1.82, 2.24) is 0 Å². The number of aliphatic hydroxyl groups is 3. The van der Waals surface area contributed by atoms with Crippen molar-refractivity contribution in [3.05, 3.63) is 20.3 Å². The van der Waals surface area contributed by atoms with E-state index in [2.05, 4.69) is 0 Å². The van der Waals surface area contributed by atoms with Gasteiger partial charge >= 0.3 is 0 Å². The van der Waals surface area contributed by atoms with Crippen LogP contribution >= 0.6 is 34.5 Å². The molecule has 0 atom stereocenters. The number of halogens is 2. The summed E-state index contributed by atoms with van der Waals surface area (Å²) in [6.07, 6.45) is 0. The Morgan fingerprint density at radius 2 is 1.60 bits per heavy atom. The van der Waals surface area contributed by atoms with E-state index in [9.17, 15) is 9.90 Å². The van der Waals surface area contributed by atoms with Gasteiger partial charge in [0.15, 0.2) is 0 Å². The molecule has 20 heavy (non-hydrogen) atoms. The molecule has 0 aromatic carbocycles. The lowest BCUT2D eigenvalue weighted by molar-refractivity contribution is -0.901. The molecule has 0 saturated carbocycles. The molecule has 0 unspecified atom stereocenters. The Morgan fingerprint density at radius 1 is 1.15 bits per heavy atom. The topological polar surface area (TPSA) is 105 Å². The number of aliphatic hydroxyl groups excluding tert-OH is 3. The third-order valence-electron chi connectivity index (χ3n) is 2.24. The molecule has 6 nitrogen and oxygen atoms in total. The number of quaternary nitrogens is 1. The highest BCUT2D eigenvalue weighted by atomic mass is 35.5. The van der Waals surface area contributed by atoms with Crippen LogP contribution in [-0.4, -0.2) is 60.7 Å². The second-order valence-electron chi connectivity index (χ2n) is 3.69. The highest BCUT2D eigenvalue weighted by Crippen LogP contribution is 2.30. The van der Waals surface area contributed by atoms with Crippen LogP contribution in [0.25, 0.3) is 0 Å². The van der Waals surface area contributed by atoms with Crippen LogP contribution < -0.4 is 10.0 Å². The molecule has 0 amide bonds. The number of hydrogen-bond donors (Lipinski definition) is 4. The number of carboxylic acid groups (broad SMARTS) is 1. The lowest BCUT2D eigenvalue weighted by atomic mass is 10.4. The monoisotopic (exact) mass is 345 g/mol. The molecular weight excluding hydrogens is 329 g/mol. The summed E-state index contributed by atoms with van der Waals surface area (Å²) in [6.45, 7) is 2.11. The van der Waals surface area contributed by atoms with Gasteiger partial charge in [-0.25, -0.2) is 0 Å². The first-order chi connectivity index (χ1) is 9.46. The predicted octanol–water partition coefficient (Wildman–Crippen LogP) is -1.73. The maximum atomic E-state index is 10.1. The van der Waals surface area contributed by atoms with Gasteiger partial charge in [0.1, 0.15) is 24.0 Å². The van der Waals surface area contributed by atoms with E-state index >= 15 is 0 Å². The molecule has 0 aliphatic heterocycles. The van der Waals surface area contributed by atoms with Gasteiger partial charge in [-0.3, -0.25) is 0 Å². The van der Waals surface area contributed by atoms with Gasteiger partial charge in [-0.2, -0.15) is 0 Å². The highest BCUT2D eigenvalue weighted by Gasteiger charge is 2.04. The van der Waals surface area contributed by atoms with Crippen LogP contribution in [0.4, 0.5) is 0 Å². The maximum Gasteiger partial charge on any atom is 0.112 e. The molecule has 1 aromatic rings. The van der Waals surface area contributed by atoms with E-state index in [4.69, 9.17) is 38.5 Å². The minimum absolute atomic E-state index is 0.0509. The Kier molecular flexibility index (Phi) is 11.0. The summed E-state index contributed by atoms with van der Waals surface area (Å²) in [5.74, 6) is -1.25. The summed E-state index contributed by atoms with van der Waals surface area (Å²) in [6, 6.07) is 1.27. The lowest BCUT2D eigenvalue weighted by Crippen LogP contribution is -3.13. The Balaban J connectivity index is 0.000000361. The number of carboxylic acids is 1. The molecule has 116 valence electrons. The summed E-state index contributed by atoms with van der Waals surface area (Å²) in [7, 11) is 0. The maximum absolute atomic E-state index is 10.1. The fraction of sp³-hybridized carbons (Fsp3) is 0.545. The Hall–Kier alpha value is -0.410. The third kappa shape index (κ3) is 8.01. The number of nitrogens with one attached hydrogen (secondary N) is 1. The molecule has 1 rings (SSSR count). The van der Waals surface area contributed by atoms with E-state index in [1.165, 1.54) is 6.07 Å². The zero-order chi connectivity index (χ0) is 15.5. The van der Waals surface area contributed by atoms with E-state index in [1.807, 2.05) is 0 Å². The summed E-state index contributed by atoms with van der Waals surface area (Å²) < 4.78 is 0.279. The lowest BCUT2D eigenvalue weighted by Gasteiger charge is -2.15. The van der Waals surface area contributed by atoms with Gasteiger partial charge in [0.05, 0.1) is 35.7 Å². The molecule has 1 aromatic heterocycles. The van der Waals surface area contributed by atoms with Gasteiger partial charge in [0, 0.05) is 0 Å². The first kappa shape index (κ1) is 19.6. The van der Waals surface area contributed by atoms with E-state index in [0.717, 1.165) is 16.2 Å². The van der Waals surface area contributed by atoms with Crippen molar-refractivity contribution in [2.75, 3.05) is 39.5 Å². The van der Waals surface area contributed by atoms with E-state index < -0.39 is 5.97 Å². The van der Waals surface area contributed by atoms with Gasteiger partial charge in [0.25, 0.3) is 0 Å². The quantitative estimate of drug-likeness (QED) is 0.470. The smallest absolute Gasteiger partial charge is 0.112 e. The van der Waals surface area contributed by atoms with Crippen LogP contribution in [0, 0.1) is 0 Å². The predicted molar refractivity (Wildman–Crippen MR) is 75.5 cm³/mol. The average molecular weight is 346 g/mol. The second kappa shape index (κ2) is 11.3. The molecule has 0 spiro atoms. The first-order valence-corrected chi connectivity index (χ1v) is 7.35. The normalized spacial score (nSPS) is 10.3. The average Bonchev–Trinajstić information content (AvgIpc) is 2.72. The molecule has 0 aliphatic carbocycles. The van der Waals surface area contributed by atoms with Gasteiger partial charge in [-0.15, -0.1) is 11.3 Å². The first-order valence-electron chi connectivity index (χ1n) is 5.78. The molecule has 0 bridgehead atoms. The number of carbonyl (C=O) groups excluding carboxylic acids is 1. The zero-order valence-electron chi connectivity index (χ0n) is 10.6. The van der Waals surface area contributed by atoms with Gasteiger partial charge in [-0.05, 0) is 6.07 Å². The Labute approximate surface area is 130 Å². The van der Waals surface area contributed by atoms with E-state index in [0.29, 0.717) is 19.6 Å². The van der Waals surface area contributed by atoms with Crippen molar-refractivity contribution in [3.8, 4) is 0 Å². The Morgan fingerprint density at radius 3 is 1.80 bits per heavy atom. The molecule has 9 heteroatoms. The van der Waals surface area contributed by atoms with Crippen LogP contribution in [0.2, 0.25) is 9.36 Å². The van der Waals surface area contributed by atoms with Crippen LogP contribution in [-0.2, 0) is 0 Å². The van der Waals surface area contributed by atoms with Crippen LogP contribution in [0.3, 0.4) is 0 Å². The van der Waals surface area contributed by atoms with Crippen molar-refractivity contribution in [1.29, 1.82) is 0 Å². The van der Waals surface area contributed by atoms with E-state index in [-0.39, 0.29) is 34.1 Å². The van der Waals surface area contributed by atoms with Crippen molar-refractivity contribution >= 4 is 40.5 Å². The Bertz CT molecular complexity index is 368. The van der Waals surface area contributed by atoms with Crippen molar-refractivity contribution in [2.24, 2.45) is 0 Å². The van der Waals surface area contributed by atoms with Crippen LogP contribution in [0.1, 0.15) is 9.67 Å². The number of aromatic carboxylic acids is 1. The van der Waals surface area contributed by atoms with Gasteiger partial charge in [-0.1, -0.05) is 23.2 Å². The number of hydrogen-bond acceptors (Lipinski definition) is 6. The fourth-order valence-electron chi connectivity index (χ4n) is 1.30. The van der Waals surface area contributed by atoms with Crippen LogP contribution in [0.5, 0.6) is 0 Å². The summed E-state index contributed by atoms with van der Waals surface area (Å²) in [5.41, 5.74) is 0. The fourth-order valence-corrected chi connectivity index (χ4v) is 2.50. The SMILES string of the molecule is O=C([O-])c1cc(Cl)c(Cl)s1.OCC[NH+](CCO)CCO. The molecular formula is C11H17Cl2NO5S. The summed E-state index contributed by atoms with van der Waals surface area (Å²) in [4.78, 5) is 11.2.